The van der Waals surface area contributed by atoms with Crippen LogP contribution in [0.3, 0.4) is 0 Å². The van der Waals surface area contributed by atoms with E-state index in [9.17, 15) is 18.0 Å². The molecule has 0 radical (unpaired) electrons. The minimum absolute atomic E-state index is 0.0834. The summed E-state index contributed by atoms with van der Waals surface area (Å²) in [5, 5.41) is 7.17. The zero-order valence-corrected chi connectivity index (χ0v) is 14.3. The highest BCUT2D eigenvalue weighted by atomic mass is 19.4. The van der Waals surface area contributed by atoms with Crippen molar-refractivity contribution in [3.63, 3.8) is 0 Å². The lowest BCUT2D eigenvalue weighted by molar-refractivity contribution is -0.137. The van der Waals surface area contributed by atoms with Crippen molar-refractivity contribution in [1.29, 1.82) is 0 Å². The average Bonchev–Trinajstić information content (AvgIpc) is 3.01. The molecule has 0 unspecified atom stereocenters. The highest BCUT2D eigenvalue weighted by Crippen LogP contribution is 2.29. The van der Waals surface area contributed by atoms with Crippen LogP contribution in [0.5, 0.6) is 0 Å². The number of nitrogens with zero attached hydrogens (tertiary/aromatic N) is 3. The van der Waals surface area contributed by atoms with Crippen molar-refractivity contribution in [1.82, 2.24) is 14.3 Å². The number of aromatic nitrogens is 3. The molecule has 3 rings (SSSR count). The monoisotopic (exact) mass is 377 g/mol. The Kier molecular flexibility index (Phi) is 5.31. The molecule has 0 aliphatic rings. The zero-order valence-electron chi connectivity index (χ0n) is 14.3. The summed E-state index contributed by atoms with van der Waals surface area (Å²) in [4.78, 5) is 12.5. The van der Waals surface area contributed by atoms with E-state index in [0.29, 0.717) is 24.3 Å². The third kappa shape index (κ3) is 4.37. The molecule has 0 spiro atoms. The van der Waals surface area contributed by atoms with Crippen molar-refractivity contribution < 1.29 is 13.2 Å². The van der Waals surface area contributed by atoms with Crippen molar-refractivity contribution in [2.75, 3.05) is 18.4 Å². The smallest absolute Gasteiger partial charge is 0.384 e. The fourth-order valence-corrected chi connectivity index (χ4v) is 2.55. The van der Waals surface area contributed by atoms with Crippen molar-refractivity contribution in [3.8, 4) is 5.69 Å². The maximum absolute atomic E-state index is 12.6. The first-order valence-electron chi connectivity index (χ1n) is 8.23. The predicted molar refractivity (Wildman–Crippen MR) is 95.9 cm³/mol. The van der Waals surface area contributed by atoms with Gasteiger partial charge in [0.15, 0.2) is 0 Å². The standard InChI is InChI=1S/C18H18F3N5O/c19-18(20,21)14-3-1-13(2-4-14)11-26-17(27)25(12-24-26)16-7-5-15(6-8-16)23-10-9-22/h1-8,12,23H,9-11,22H2. The minimum atomic E-state index is -4.39. The van der Waals surface area contributed by atoms with Gasteiger partial charge in [-0.15, -0.1) is 0 Å². The minimum Gasteiger partial charge on any atom is -0.384 e. The summed E-state index contributed by atoms with van der Waals surface area (Å²) >= 11 is 0. The summed E-state index contributed by atoms with van der Waals surface area (Å²) in [6, 6.07) is 11.8. The van der Waals surface area contributed by atoms with Gasteiger partial charge in [-0.25, -0.2) is 14.0 Å². The highest BCUT2D eigenvalue weighted by Gasteiger charge is 2.29. The van der Waals surface area contributed by atoms with Crippen LogP contribution in [0.4, 0.5) is 18.9 Å². The SMILES string of the molecule is NCCNc1ccc(-n2cnn(Cc3ccc(C(F)(F)F)cc3)c2=O)cc1. The summed E-state index contributed by atoms with van der Waals surface area (Å²) in [6.45, 7) is 1.24. The molecular formula is C18H18F3N5O. The number of anilines is 1. The molecule has 27 heavy (non-hydrogen) atoms. The van der Waals surface area contributed by atoms with E-state index in [1.54, 1.807) is 12.1 Å². The molecule has 0 amide bonds. The summed E-state index contributed by atoms with van der Waals surface area (Å²) in [5.74, 6) is 0. The Labute approximate surface area is 153 Å². The zero-order chi connectivity index (χ0) is 19.4. The van der Waals surface area contributed by atoms with Gasteiger partial charge in [-0.3, -0.25) is 0 Å². The second-order valence-electron chi connectivity index (χ2n) is 5.90. The molecule has 9 heteroatoms. The van der Waals surface area contributed by atoms with Gasteiger partial charge in [0.2, 0.25) is 0 Å². The van der Waals surface area contributed by atoms with Crippen LogP contribution >= 0.6 is 0 Å². The van der Waals surface area contributed by atoms with Crippen LogP contribution in [-0.2, 0) is 12.7 Å². The molecule has 1 heterocycles. The van der Waals surface area contributed by atoms with Gasteiger partial charge >= 0.3 is 11.9 Å². The van der Waals surface area contributed by atoms with Gasteiger partial charge < -0.3 is 11.1 Å². The molecule has 0 aliphatic heterocycles. The van der Waals surface area contributed by atoms with Crippen molar-refractivity contribution in [2.24, 2.45) is 5.73 Å². The van der Waals surface area contributed by atoms with Gasteiger partial charge in [0.1, 0.15) is 6.33 Å². The molecule has 2 aromatic carbocycles. The van der Waals surface area contributed by atoms with Gasteiger partial charge in [-0.2, -0.15) is 18.3 Å². The summed E-state index contributed by atoms with van der Waals surface area (Å²) in [5.41, 5.74) is 6.40. The van der Waals surface area contributed by atoms with Crippen LogP contribution in [0.25, 0.3) is 5.69 Å². The first-order chi connectivity index (χ1) is 12.9. The van der Waals surface area contributed by atoms with E-state index >= 15 is 0 Å². The largest absolute Gasteiger partial charge is 0.416 e. The number of benzene rings is 2. The third-order valence-corrected chi connectivity index (χ3v) is 3.97. The van der Waals surface area contributed by atoms with Gasteiger partial charge in [-0.05, 0) is 42.0 Å². The van der Waals surface area contributed by atoms with Gasteiger partial charge in [-0.1, -0.05) is 12.1 Å². The molecule has 0 atom stereocenters. The van der Waals surface area contributed by atoms with Crippen LogP contribution < -0.4 is 16.7 Å². The third-order valence-electron chi connectivity index (χ3n) is 3.97. The van der Waals surface area contributed by atoms with Crippen LogP contribution in [-0.4, -0.2) is 27.4 Å². The lowest BCUT2D eigenvalue weighted by atomic mass is 10.1. The molecule has 3 N–H and O–H groups in total. The summed E-state index contributed by atoms with van der Waals surface area (Å²) in [7, 11) is 0. The Bertz CT molecular complexity index is 943. The van der Waals surface area contributed by atoms with Crippen molar-refractivity contribution in [2.45, 2.75) is 12.7 Å². The normalized spacial score (nSPS) is 11.6. The van der Waals surface area contributed by atoms with E-state index in [2.05, 4.69) is 10.4 Å². The van der Waals surface area contributed by atoms with E-state index in [1.807, 2.05) is 12.1 Å². The van der Waals surface area contributed by atoms with Gasteiger partial charge in [0.05, 0.1) is 17.8 Å². The lowest BCUT2D eigenvalue weighted by Crippen LogP contribution is -2.24. The fourth-order valence-electron chi connectivity index (χ4n) is 2.55. The number of rotatable bonds is 6. The van der Waals surface area contributed by atoms with Crippen LogP contribution in [0.15, 0.2) is 59.7 Å². The van der Waals surface area contributed by atoms with E-state index in [1.165, 1.54) is 27.7 Å². The molecule has 0 bridgehead atoms. The van der Waals surface area contributed by atoms with E-state index in [0.717, 1.165) is 17.8 Å². The molecule has 0 aliphatic carbocycles. The Balaban J connectivity index is 1.76. The number of nitrogens with one attached hydrogen (secondary N) is 1. The number of hydrogen-bond acceptors (Lipinski definition) is 4. The molecule has 0 saturated carbocycles. The average molecular weight is 377 g/mol. The molecule has 142 valence electrons. The Hall–Kier alpha value is -3.07. The maximum Gasteiger partial charge on any atom is 0.416 e. The molecule has 0 fully saturated rings. The topological polar surface area (TPSA) is 77.9 Å². The van der Waals surface area contributed by atoms with Crippen molar-refractivity contribution in [3.05, 3.63) is 76.5 Å². The first-order valence-corrected chi connectivity index (χ1v) is 8.23. The number of halogens is 3. The molecular weight excluding hydrogens is 359 g/mol. The van der Waals surface area contributed by atoms with E-state index in [4.69, 9.17) is 5.73 Å². The second-order valence-corrected chi connectivity index (χ2v) is 5.90. The molecule has 3 aromatic rings. The van der Waals surface area contributed by atoms with Gasteiger partial charge in [0.25, 0.3) is 0 Å². The predicted octanol–water partition coefficient (Wildman–Crippen LogP) is 2.47. The Morgan fingerprint density at radius 2 is 1.70 bits per heavy atom. The van der Waals surface area contributed by atoms with Crippen LogP contribution in [0.2, 0.25) is 0 Å². The number of nitrogens with two attached hydrogens (primary N) is 1. The summed E-state index contributed by atoms with van der Waals surface area (Å²) in [6.07, 6.45) is -3.00. The van der Waals surface area contributed by atoms with Gasteiger partial charge in [0, 0.05) is 18.8 Å². The second kappa shape index (κ2) is 7.67. The Morgan fingerprint density at radius 1 is 1.04 bits per heavy atom. The fraction of sp³-hybridized carbons (Fsp3) is 0.222. The quantitative estimate of drug-likeness (QED) is 0.692. The van der Waals surface area contributed by atoms with Crippen molar-refractivity contribution >= 4 is 5.69 Å². The summed E-state index contributed by atoms with van der Waals surface area (Å²) < 4.78 is 40.4. The molecule has 6 nitrogen and oxygen atoms in total. The number of hydrogen-bond donors (Lipinski definition) is 2. The Morgan fingerprint density at radius 3 is 2.30 bits per heavy atom. The first kappa shape index (κ1) is 18.7. The maximum atomic E-state index is 12.6. The highest BCUT2D eigenvalue weighted by molar-refractivity contribution is 5.48. The van der Waals surface area contributed by atoms with E-state index < -0.39 is 11.7 Å². The van der Waals surface area contributed by atoms with E-state index in [-0.39, 0.29) is 12.2 Å². The van der Waals surface area contributed by atoms with Crippen LogP contribution in [0, 0.1) is 0 Å². The number of alkyl halides is 3. The molecule has 1 aromatic heterocycles. The molecule has 0 saturated heterocycles. The lowest BCUT2D eigenvalue weighted by Gasteiger charge is -2.07. The van der Waals surface area contributed by atoms with Crippen LogP contribution in [0.1, 0.15) is 11.1 Å².